The predicted octanol–water partition coefficient (Wildman–Crippen LogP) is 3.99. The molecule has 0 aliphatic rings. The number of aryl methyl sites for hydroxylation is 1. The van der Waals surface area contributed by atoms with Gasteiger partial charge in [-0.15, -0.1) is 0 Å². The van der Waals surface area contributed by atoms with Gasteiger partial charge in [0.1, 0.15) is 11.6 Å². The number of benzene rings is 1. The summed E-state index contributed by atoms with van der Waals surface area (Å²) in [5, 5.41) is 10.9. The van der Waals surface area contributed by atoms with Gasteiger partial charge in [0.05, 0.1) is 9.40 Å². The Bertz CT molecular complexity index is 649. The van der Waals surface area contributed by atoms with Gasteiger partial charge in [-0.05, 0) is 40.5 Å². The van der Waals surface area contributed by atoms with Crippen LogP contribution in [0.5, 0.6) is 11.6 Å². The molecule has 0 aliphatic carbocycles. The van der Waals surface area contributed by atoms with E-state index in [1.54, 1.807) is 6.92 Å². The molecule has 0 saturated heterocycles. The molecular formula is C12H8BrFN2O3. The average molecular weight is 327 g/mol. The monoisotopic (exact) mass is 326 g/mol. The first-order chi connectivity index (χ1) is 8.97. The Balaban J connectivity index is 2.37. The van der Waals surface area contributed by atoms with Crippen LogP contribution in [0.15, 0.2) is 34.9 Å². The molecule has 0 spiro atoms. The Kier molecular flexibility index (Phi) is 3.75. The van der Waals surface area contributed by atoms with Crippen molar-refractivity contribution in [2.75, 3.05) is 0 Å². The summed E-state index contributed by atoms with van der Waals surface area (Å²) < 4.78 is 18.9. The molecule has 0 radical (unpaired) electrons. The average Bonchev–Trinajstić information content (AvgIpc) is 2.36. The summed E-state index contributed by atoms with van der Waals surface area (Å²) >= 11 is 3.01. The van der Waals surface area contributed by atoms with E-state index in [2.05, 4.69) is 20.9 Å². The predicted molar refractivity (Wildman–Crippen MR) is 69.8 cm³/mol. The second-order valence-electron chi connectivity index (χ2n) is 3.77. The number of rotatable bonds is 3. The zero-order chi connectivity index (χ0) is 14.0. The van der Waals surface area contributed by atoms with E-state index < -0.39 is 10.7 Å². The first-order valence-electron chi connectivity index (χ1n) is 5.21. The number of nitrogens with zero attached hydrogens (tertiary/aromatic N) is 2. The van der Waals surface area contributed by atoms with Gasteiger partial charge in [-0.3, -0.25) is 10.1 Å². The number of hydrogen-bond donors (Lipinski definition) is 0. The van der Waals surface area contributed by atoms with Gasteiger partial charge < -0.3 is 4.74 Å². The van der Waals surface area contributed by atoms with Crippen molar-refractivity contribution in [3.05, 3.63) is 56.4 Å². The van der Waals surface area contributed by atoms with E-state index in [-0.39, 0.29) is 21.8 Å². The Morgan fingerprint density at radius 2 is 2.16 bits per heavy atom. The van der Waals surface area contributed by atoms with Gasteiger partial charge in [0.15, 0.2) is 0 Å². The van der Waals surface area contributed by atoms with Crippen LogP contribution in [0, 0.1) is 22.9 Å². The summed E-state index contributed by atoms with van der Waals surface area (Å²) in [4.78, 5) is 14.1. The summed E-state index contributed by atoms with van der Waals surface area (Å²) in [5.74, 6) is -0.551. The summed E-state index contributed by atoms with van der Waals surface area (Å²) in [6.45, 7) is 1.68. The molecule has 0 N–H and O–H groups in total. The van der Waals surface area contributed by atoms with Gasteiger partial charge in [0.2, 0.25) is 0 Å². The molecular weight excluding hydrogens is 319 g/mol. The molecule has 0 aliphatic heterocycles. The largest absolute Gasteiger partial charge is 0.434 e. The Morgan fingerprint density at radius 3 is 2.79 bits per heavy atom. The molecule has 1 aromatic carbocycles. The number of ether oxygens (including phenoxy) is 1. The van der Waals surface area contributed by atoms with E-state index in [9.17, 15) is 14.5 Å². The minimum absolute atomic E-state index is 0.139. The number of hydrogen-bond acceptors (Lipinski definition) is 4. The van der Waals surface area contributed by atoms with Crippen molar-refractivity contribution < 1.29 is 14.1 Å². The van der Waals surface area contributed by atoms with Crippen LogP contribution >= 0.6 is 15.9 Å². The fourth-order valence-electron chi connectivity index (χ4n) is 1.40. The van der Waals surface area contributed by atoms with Crippen LogP contribution in [-0.2, 0) is 0 Å². The molecule has 0 bridgehead atoms. The lowest BCUT2D eigenvalue weighted by molar-refractivity contribution is -0.386. The van der Waals surface area contributed by atoms with E-state index in [1.807, 2.05) is 0 Å². The second-order valence-corrected chi connectivity index (χ2v) is 4.63. The number of aromatic nitrogens is 1. The molecule has 98 valence electrons. The molecule has 0 amide bonds. The maximum atomic E-state index is 13.3. The van der Waals surface area contributed by atoms with Crippen LogP contribution in [-0.4, -0.2) is 9.91 Å². The zero-order valence-electron chi connectivity index (χ0n) is 9.76. The lowest BCUT2D eigenvalue weighted by Gasteiger charge is -2.06. The number of nitro groups is 1. The maximum absolute atomic E-state index is 13.3. The van der Waals surface area contributed by atoms with E-state index >= 15 is 0 Å². The molecule has 1 heterocycles. The van der Waals surface area contributed by atoms with Crippen molar-refractivity contribution in [2.24, 2.45) is 0 Å². The standard InChI is InChI=1S/C12H8BrFN2O3/c1-7-4-11(16(17)18)12(15-6-7)19-8-2-3-9(13)10(14)5-8/h2-6H,1H3. The molecule has 19 heavy (non-hydrogen) atoms. The first kappa shape index (κ1) is 13.4. The third kappa shape index (κ3) is 3.05. The minimum atomic E-state index is -0.593. The van der Waals surface area contributed by atoms with Crippen LogP contribution in [0.25, 0.3) is 0 Å². The van der Waals surface area contributed by atoms with Crippen LogP contribution in [0.2, 0.25) is 0 Å². The van der Waals surface area contributed by atoms with Crippen molar-refractivity contribution >= 4 is 21.6 Å². The summed E-state index contributed by atoms with van der Waals surface area (Å²) in [6.07, 6.45) is 1.44. The molecule has 2 aromatic rings. The van der Waals surface area contributed by atoms with E-state index in [4.69, 9.17) is 4.74 Å². The second kappa shape index (κ2) is 5.31. The SMILES string of the molecule is Cc1cnc(Oc2ccc(Br)c(F)c2)c([N+](=O)[O-])c1. The van der Waals surface area contributed by atoms with Gasteiger partial charge in [-0.1, -0.05) is 0 Å². The molecule has 0 atom stereocenters. The lowest BCUT2D eigenvalue weighted by Crippen LogP contribution is -1.97. The topological polar surface area (TPSA) is 65.3 Å². The summed E-state index contributed by atoms with van der Waals surface area (Å²) in [5.41, 5.74) is 0.379. The maximum Gasteiger partial charge on any atom is 0.331 e. The fraction of sp³-hybridized carbons (Fsp3) is 0.0833. The van der Waals surface area contributed by atoms with Crippen molar-refractivity contribution in [1.82, 2.24) is 4.98 Å². The highest BCUT2D eigenvalue weighted by Crippen LogP contribution is 2.31. The smallest absolute Gasteiger partial charge is 0.331 e. The highest BCUT2D eigenvalue weighted by atomic mass is 79.9. The quantitative estimate of drug-likeness (QED) is 0.631. The van der Waals surface area contributed by atoms with Gasteiger partial charge in [-0.25, -0.2) is 9.37 Å². The van der Waals surface area contributed by atoms with Gasteiger partial charge in [0, 0.05) is 18.3 Å². The summed E-state index contributed by atoms with van der Waals surface area (Å²) in [7, 11) is 0. The molecule has 0 fully saturated rings. The van der Waals surface area contributed by atoms with Crippen molar-refractivity contribution in [1.29, 1.82) is 0 Å². The normalized spacial score (nSPS) is 10.3. The van der Waals surface area contributed by atoms with E-state index in [0.717, 1.165) is 6.07 Å². The van der Waals surface area contributed by atoms with Gasteiger partial charge >= 0.3 is 5.69 Å². The first-order valence-corrected chi connectivity index (χ1v) is 6.00. The van der Waals surface area contributed by atoms with Gasteiger partial charge in [0.25, 0.3) is 5.88 Å². The third-order valence-electron chi connectivity index (χ3n) is 2.27. The zero-order valence-corrected chi connectivity index (χ0v) is 11.3. The van der Waals surface area contributed by atoms with E-state index in [1.165, 1.54) is 24.4 Å². The Morgan fingerprint density at radius 1 is 1.42 bits per heavy atom. The molecule has 2 rings (SSSR count). The van der Waals surface area contributed by atoms with Crippen molar-refractivity contribution in [3.8, 4) is 11.6 Å². The fourth-order valence-corrected chi connectivity index (χ4v) is 1.65. The molecule has 0 saturated carbocycles. The van der Waals surface area contributed by atoms with Crippen LogP contribution in [0.4, 0.5) is 10.1 Å². The third-order valence-corrected chi connectivity index (χ3v) is 2.91. The van der Waals surface area contributed by atoms with Gasteiger partial charge in [-0.2, -0.15) is 0 Å². The van der Waals surface area contributed by atoms with Crippen molar-refractivity contribution in [2.45, 2.75) is 6.92 Å². The molecule has 1 aromatic heterocycles. The van der Waals surface area contributed by atoms with Crippen LogP contribution in [0.3, 0.4) is 0 Å². The van der Waals surface area contributed by atoms with Crippen molar-refractivity contribution in [3.63, 3.8) is 0 Å². The molecule has 0 unspecified atom stereocenters. The Hall–Kier alpha value is -2.02. The number of halogens is 2. The number of pyridine rings is 1. The highest BCUT2D eigenvalue weighted by Gasteiger charge is 2.18. The van der Waals surface area contributed by atoms with Crippen LogP contribution < -0.4 is 4.74 Å². The highest BCUT2D eigenvalue weighted by molar-refractivity contribution is 9.10. The van der Waals surface area contributed by atoms with Crippen LogP contribution in [0.1, 0.15) is 5.56 Å². The molecule has 5 nitrogen and oxygen atoms in total. The molecule has 7 heteroatoms. The minimum Gasteiger partial charge on any atom is -0.434 e. The summed E-state index contributed by atoms with van der Waals surface area (Å²) in [6, 6.07) is 5.40. The van der Waals surface area contributed by atoms with E-state index in [0.29, 0.717) is 5.56 Å². The lowest BCUT2D eigenvalue weighted by atomic mass is 10.3. The Labute approximate surface area is 116 Å².